The van der Waals surface area contributed by atoms with Gasteiger partial charge in [0.15, 0.2) is 0 Å². The van der Waals surface area contributed by atoms with Crippen LogP contribution in [0.3, 0.4) is 0 Å². The zero-order valence-corrected chi connectivity index (χ0v) is 9.87. The minimum atomic E-state index is -0.266. The van der Waals surface area contributed by atoms with Gasteiger partial charge in [0.25, 0.3) is 0 Å². The maximum Gasteiger partial charge on any atom is 0.309 e. The monoisotopic (exact) mass is 220 g/mol. The number of carbonyl (C=O) groups is 2. The van der Waals surface area contributed by atoms with Crippen molar-refractivity contribution in [3.05, 3.63) is 34.9 Å². The highest BCUT2D eigenvalue weighted by atomic mass is 16.5. The van der Waals surface area contributed by atoms with E-state index in [2.05, 4.69) is 4.74 Å². The predicted molar refractivity (Wildman–Crippen MR) is 61.3 cm³/mol. The number of methoxy groups -OCH3 is 1. The van der Waals surface area contributed by atoms with E-state index in [9.17, 15) is 9.59 Å². The molecule has 0 saturated carbocycles. The number of Topliss-reactive ketones (excluding diaryl/α,β-unsaturated/α-hetero) is 1. The molecule has 0 spiro atoms. The molecule has 86 valence electrons. The number of benzene rings is 1. The van der Waals surface area contributed by atoms with E-state index in [0.29, 0.717) is 6.42 Å². The number of esters is 1. The van der Waals surface area contributed by atoms with Gasteiger partial charge in [0, 0.05) is 6.42 Å². The van der Waals surface area contributed by atoms with Gasteiger partial charge in [0.05, 0.1) is 13.5 Å². The molecule has 0 heterocycles. The van der Waals surface area contributed by atoms with Crippen LogP contribution in [0.5, 0.6) is 0 Å². The maximum absolute atomic E-state index is 11.1. The van der Waals surface area contributed by atoms with E-state index in [1.165, 1.54) is 7.11 Å². The Morgan fingerprint density at radius 3 is 2.50 bits per heavy atom. The van der Waals surface area contributed by atoms with Crippen LogP contribution in [0.1, 0.15) is 23.6 Å². The first-order valence-electron chi connectivity index (χ1n) is 5.17. The van der Waals surface area contributed by atoms with Gasteiger partial charge in [0.1, 0.15) is 5.78 Å². The Morgan fingerprint density at radius 2 is 1.94 bits per heavy atom. The molecule has 0 unspecified atom stereocenters. The van der Waals surface area contributed by atoms with Crippen LogP contribution < -0.4 is 0 Å². The van der Waals surface area contributed by atoms with Gasteiger partial charge in [-0.3, -0.25) is 9.59 Å². The molecule has 3 nitrogen and oxygen atoms in total. The van der Waals surface area contributed by atoms with E-state index in [4.69, 9.17) is 0 Å². The summed E-state index contributed by atoms with van der Waals surface area (Å²) in [6, 6.07) is 5.71. The minimum absolute atomic E-state index is 0.123. The molecule has 1 aromatic rings. The molecule has 0 radical (unpaired) electrons. The quantitative estimate of drug-likeness (QED) is 0.727. The summed E-state index contributed by atoms with van der Waals surface area (Å²) < 4.78 is 4.60. The van der Waals surface area contributed by atoms with Crippen LogP contribution in [0, 0.1) is 6.92 Å². The first kappa shape index (κ1) is 12.4. The molecule has 0 aromatic heterocycles. The van der Waals surface area contributed by atoms with Crippen LogP contribution in [0.25, 0.3) is 0 Å². The number of rotatable bonds is 4. The molecule has 0 bridgehead atoms. The number of ketones is 1. The number of carbonyl (C=O) groups excluding carboxylic acids is 2. The molecular formula is C13H16O3. The van der Waals surface area contributed by atoms with Crippen LogP contribution >= 0.6 is 0 Å². The lowest BCUT2D eigenvalue weighted by Crippen LogP contribution is -2.06. The zero-order chi connectivity index (χ0) is 12.1. The standard InChI is InChI=1S/C13H16O3/c1-9-4-5-11(8-13(15)16-3)7-12(9)6-10(2)14/h4-5,7H,6,8H2,1-3H3. The van der Waals surface area contributed by atoms with Crippen LogP contribution in [0.4, 0.5) is 0 Å². The Labute approximate surface area is 95.4 Å². The maximum atomic E-state index is 11.1. The summed E-state index contributed by atoms with van der Waals surface area (Å²) in [5.41, 5.74) is 2.94. The lowest BCUT2D eigenvalue weighted by atomic mass is 9.99. The van der Waals surface area contributed by atoms with E-state index in [1.807, 2.05) is 25.1 Å². The third-order valence-electron chi connectivity index (χ3n) is 2.43. The summed E-state index contributed by atoms with van der Waals surface area (Å²) >= 11 is 0. The molecule has 0 amide bonds. The minimum Gasteiger partial charge on any atom is -0.469 e. The SMILES string of the molecule is COC(=O)Cc1ccc(C)c(CC(C)=O)c1. The van der Waals surface area contributed by atoms with Crippen LogP contribution in [0.2, 0.25) is 0 Å². The zero-order valence-electron chi connectivity index (χ0n) is 9.87. The summed E-state index contributed by atoms with van der Waals surface area (Å²) in [6.45, 7) is 3.52. The van der Waals surface area contributed by atoms with E-state index >= 15 is 0 Å². The molecule has 0 aliphatic rings. The molecule has 0 fully saturated rings. The van der Waals surface area contributed by atoms with Crippen molar-refractivity contribution < 1.29 is 14.3 Å². The number of hydrogen-bond acceptors (Lipinski definition) is 3. The number of aryl methyl sites for hydroxylation is 1. The van der Waals surface area contributed by atoms with Crippen molar-refractivity contribution in [2.45, 2.75) is 26.7 Å². The van der Waals surface area contributed by atoms with Crippen molar-refractivity contribution in [2.75, 3.05) is 7.11 Å². The van der Waals surface area contributed by atoms with Gasteiger partial charge in [-0.2, -0.15) is 0 Å². The highest BCUT2D eigenvalue weighted by Gasteiger charge is 2.06. The fourth-order valence-electron chi connectivity index (χ4n) is 1.53. The van der Waals surface area contributed by atoms with Crippen LogP contribution in [-0.4, -0.2) is 18.9 Å². The van der Waals surface area contributed by atoms with E-state index in [0.717, 1.165) is 16.7 Å². The Hall–Kier alpha value is -1.64. The van der Waals surface area contributed by atoms with Crippen molar-refractivity contribution in [3.8, 4) is 0 Å². The third-order valence-corrected chi connectivity index (χ3v) is 2.43. The highest BCUT2D eigenvalue weighted by molar-refractivity contribution is 5.79. The Morgan fingerprint density at radius 1 is 1.25 bits per heavy atom. The molecule has 1 aromatic carbocycles. The van der Waals surface area contributed by atoms with E-state index in [1.54, 1.807) is 6.92 Å². The normalized spacial score (nSPS) is 9.94. The molecule has 0 N–H and O–H groups in total. The van der Waals surface area contributed by atoms with Gasteiger partial charge in [-0.1, -0.05) is 18.2 Å². The van der Waals surface area contributed by atoms with Gasteiger partial charge >= 0.3 is 5.97 Å². The first-order chi connectivity index (χ1) is 7.52. The fraction of sp³-hybridized carbons (Fsp3) is 0.385. The molecule has 0 atom stereocenters. The molecule has 0 aliphatic carbocycles. The fourth-order valence-corrected chi connectivity index (χ4v) is 1.53. The van der Waals surface area contributed by atoms with Crippen molar-refractivity contribution in [2.24, 2.45) is 0 Å². The topological polar surface area (TPSA) is 43.4 Å². The first-order valence-corrected chi connectivity index (χ1v) is 5.17. The van der Waals surface area contributed by atoms with E-state index in [-0.39, 0.29) is 18.2 Å². The molecule has 1 rings (SSSR count). The van der Waals surface area contributed by atoms with Gasteiger partial charge in [-0.15, -0.1) is 0 Å². The largest absolute Gasteiger partial charge is 0.469 e. The second-order valence-electron chi connectivity index (χ2n) is 3.89. The number of hydrogen-bond donors (Lipinski definition) is 0. The average molecular weight is 220 g/mol. The van der Waals surface area contributed by atoms with Crippen molar-refractivity contribution in [3.63, 3.8) is 0 Å². The average Bonchev–Trinajstić information content (AvgIpc) is 2.22. The summed E-state index contributed by atoms with van der Waals surface area (Å²) in [4.78, 5) is 22.2. The number of ether oxygens (including phenoxy) is 1. The highest BCUT2D eigenvalue weighted by Crippen LogP contribution is 2.13. The summed E-state index contributed by atoms with van der Waals surface area (Å²) in [5.74, 6) is -0.143. The lowest BCUT2D eigenvalue weighted by molar-refractivity contribution is -0.139. The van der Waals surface area contributed by atoms with Gasteiger partial charge in [-0.25, -0.2) is 0 Å². The van der Waals surface area contributed by atoms with Gasteiger partial charge < -0.3 is 4.74 Å². The van der Waals surface area contributed by atoms with Crippen LogP contribution in [0.15, 0.2) is 18.2 Å². The second-order valence-corrected chi connectivity index (χ2v) is 3.89. The molecule has 3 heteroatoms. The summed E-state index contributed by atoms with van der Waals surface area (Å²) in [6.07, 6.45) is 0.669. The second kappa shape index (κ2) is 5.45. The molecule has 16 heavy (non-hydrogen) atoms. The summed E-state index contributed by atoms with van der Waals surface area (Å²) in [5, 5.41) is 0. The van der Waals surface area contributed by atoms with Gasteiger partial charge in [-0.05, 0) is 30.5 Å². The molecule has 0 aliphatic heterocycles. The third kappa shape index (κ3) is 3.50. The smallest absolute Gasteiger partial charge is 0.309 e. The Kier molecular flexibility index (Phi) is 4.23. The van der Waals surface area contributed by atoms with E-state index < -0.39 is 0 Å². The van der Waals surface area contributed by atoms with Crippen molar-refractivity contribution >= 4 is 11.8 Å². The van der Waals surface area contributed by atoms with Crippen molar-refractivity contribution in [1.82, 2.24) is 0 Å². The lowest BCUT2D eigenvalue weighted by Gasteiger charge is -2.06. The molecule has 0 saturated heterocycles. The summed E-state index contributed by atoms with van der Waals surface area (Å²) in [7, 11) is 1.37. The molecular weight excluding hydrogens is 204 g/mol. The predicted octanol–water partition coefficient (Wildman–Crippen LogP) is 1.84. The van der Waals surface area contributed by atoms with Crippen LogP contribution in [-0.2, 0) is 27.2 Å². The Balaban J connectivity index is 2.88. The Bertz CT molecular complexity index is 408. The van der Waals surface area contributed by atoms with Crippen molar-refractivity contribution in [1.29, 1.82) is 0 Å². The van der Waals surface area contributed by atoms with Gasteiger partial charge in [0.2, 0.25) is 0 Å².